The van der Waals surface area contributed by atoms with E-state index in [0.29, 0.717) is 11.1 Å². The Labute approximate surface area is 170 Å². The Kier molecular flexibility index (Phi) is 6.29. The van der Waals surface area contributed by atoms with Crippen LogP contribution in [0.3, 0.4) is 0 Å². The maximum absolute atomic E-state index is 13.1. The van der Waals surface area contributed by atoms with Crippen LogP contribution in [0.15, 0.2) is 72.3 Å². The summed E-state index contributed by atoms with van der Waals surface area (Å²) in [4.78, 5) is 26.9. The largest absolute Gasteiger partial charge is 0.497 e. The molecule has 1 fully saturated rings. The molecule has 0 aliphatic carbocycles. The molecular formula is C24H23NO4. The van der Waals surface area contributed by atoms with Gasteiger partial charge in [0.25, 0.3) is 0 Å². The van der Waals surface area contributed by atoms with E-state index in [-0.39, 0.29) is 24.8 Å². The number of piperidine rings is 1. The molecule has 1 amide bonds. The van der Waals surface area contributed by atoms with Gasteiger partial charge in [-0.3, -0.25) is 9.59 Å². The molecule has 5 heteroatoms. The topological polar surface area (TPSA) is 55.8 Å². The first-order chi connectivity index (χ1) is 14.0. The second-order valence-corrected chi connectivity index (χ2v) is 6.61. The van der Waals surface area contributed by atoms with Gasteiger partial charge in [0.2, 0.25) is 5.91 Å². The van der Waals surface area contributed by atoms with Crippen LogP contribution in [0.25, 0.3) is 12.2 Å². The zero-order valence-corrected chi connectivity index (χ0v) is 16.6. The lowest BCUT2D eigenvalue weighted by Crippen LogP contribution is -2.40. The number of rotatable bonds is 5. The number of carbonyl (C=O) groups excluding carboxylic acids is 2. The summed E-state index contributed by atoms with van der Waals surface area (Å²) in [7, 11) is 3.21. The summed E-state index contributed by atoms with van der Waals surface area (Å²) in [5.41, 5.74) is 2.84. The predicted octanol–water partition coefficient (Wildman–Crippen LogP) is 3.77. The molecule has 0 bridgehead atoms. The van der Waals surface area contributed by atoms with Gasteiger partial charge in [0, 0.05) is 11.1 Å². The number of hydrogen-bond acceptors (Lipinski definition) is 4. The average Bonchev–Trinajstić information content (AvgIpc) is 2.76. The van der Waals surface area contributed by atoms with Crippen LogP contribution in [-0.4, -0.2) is 43.9 Å². The van der Waals surface area contributed by atoms with Crippen LogP contribution < -0.4 is 9.47 Å². The molecule has 2 aromatic rings. The van der Waals surface area contributed by atoms with Crippen molar-refractivity contribution in [3.8, 4) is 11.5 Å². The molecule has 148 valence electrons. The Morgan fingerprint density at radius 1 is 0.862 bits per heavy atom. The molecule has 0 atom stereocenters. The molecule has 0 aromatic heterocycles. The fourth-order valence-electron chi connectivity index (χ4n) is 3.13. The molecule has 0 spiro atoms. The molecule has 0 radical (unpaired) electrons. The molecule has 0 saturated carbocycles. The Bertz CT molecular complexity index is 899. The summed E-state index contributed by atoms with van der Waals surface area (Å²) in [5.74, 6) is 1.21. The standard InChI is InChI=1S/C24H23NO4/c1-4-23(26)25-15-19(13-17-5-9-21(28-2)10-6-17)24(27)20(16-25)14-18-7-11-22(29-3)12-8-18/h4-14H,1,15-16H2,2-3H3/b19-13-,20-14-. The highest BCUT2D eigenvalue weighted by Gasteiger charge is 2.28. The molecule has 5 nitrogen and oxygen atoms in total. The lowest BCUT2D eigenvalue weighted by molar-refractivity contribution is -0.126. The highest BCUT2D eigenvalue weighted by Crippen LogP contribution is 2.24. The first-order valence-corrected chi connectivity index (χ1v) is 9.19. The minimum Gasteiger partial charge on any atom is -0.497 e. The fourth-order valence-corrected chi connectivity index (χ4v) is 3.13. The van der Waals surface area contributed by atoms with Crippen LogP contribution in [0, 0.1) is 0 Å². The van der Waals surface area contributed by atoms with Gasteiger partial charge >= 0.3 is 0 Å². The van der Waals surface area contributed by atoms with Crippen molar-refractivity contribution in [1.29, 1.82) is 0 Å². The Morgan fingerprint density at radius 2 is 1.28 bits per heavy atom. The summed E-state index contributed by atoms with van der Waals surface area (Å²) < 4.78 is 10.3. The minimum atomic E-state index is -0.209. The monoisotopic (exact) mass is 389 g/mol. The van der Waals surface area contributed by atoms with Crippen molar-refractivity contribution < 1.29 is 19.1 Å². The third kappa shape index (κ3) is 4.82. The normalized spacial score (nSPS) is 16.8. The van der Waals surface area contributed by atoms with Gasteiger partial charge in [0.15, 0.2) is 5.78 Å². The number of nitrogens with zero attached hydrogens (tertiary/aromatic N) is 1. The number of hydrogen-bond donors (Lipinski definition) is 0. The first-order valence-electron chi connectivity index (χ1n) is 9.19. The fraction of sp³-hybridized carbons (Fsp3) is 0.167. The van der Waals surface area contributed by atoms with Gasteiger partial charge in [-0.15, -0.1) is 0 Å². The smallest absolute Gasteiger partial charge is 0.246 e. The summed E-state index contributed by atoms with van der Waals surface area (Å²) >= 11 is 0. The molecule has 1 heterocycles. The zero-order chi connectivity index (χ0) is 20.8. The van der Waals surface area contributed by atoms with E-state index < -0.39 is 0 Å². The van der Waals surface area contributed by atoms with Crippen LogP contribution >= 0.6 is 0 Å². The third-order valence-corrected chi connectivity index (χ3v) is 4.71. The van der Waals surface area contributed by atoms with E-state index in [4.69, 9.17) is 9.47 Å². The molecule has 0 N–H and O–H groups in total. The summed E-state index contributed by atoms with van der Waals surface area (Å²) in [6.45, 7) is 4.06. The molecule has 1 aliphatic heterocycles. The van der Waals surface area contributed by atoms with Gasteiger partial charge in [0.05, 0.1) is 27.3 Å². The van der Waals surface area contributed by atoms with E-state index in [9.17, 15) is 9.59 Å². The predicted molar refractivity (Wildman–Crippen MR) is 114 cm³/mol. The Morgan fingerprint density at radius 3 is 1.62 bits per heavy atom. The van der Waals surface area contributed by atoms with Crippen molar-refractivity contribution in [3.63, 3.8) is 0 Å². The van der Waals surface area contributed by atoms with Crippen molar-refractivity contribution >= 4 is 23.8 Å². The van der Waals surface area contributed by atoms with Crippen LogP contribution in [0.1, 0.15) is 11.1 Å². The number of Topliss-reactive ketones (excluding diaryl/α,β-unsaturated/α-hetero) is 1. The second kappa shape index (κ2) is 9.06. The van der Waals surface area contributed by atoms with Gasteiger partial charge in [-0.1, -0.05) is 30.8 Å². The van der Waals surface area contributed by atoms with Gasteiger partial charge in [-0.05, 0) is 53.6 Å². The summed E-state index contributed by atoms with van der Waals surface area (Å²) in [6, 6.07) is 14.8. The lowest BCUT2D eigenvalue weighted by atomic mass is 9.94. The van der Waals surface area contributed by atoms with E-state index in [1.54, 1.807) is 19.1 Å². The van der Waals surface area contributed by atoms with Gasteiger partial charge < -0.3 is 14.4 Å². The number of carbonyl (C=O) groups is 2. The maximum Gasteiger partial charge on any atom is 0.246 e. The van der Waals surface area contributed by atoms with E-state index in [2.05, 4.69) is 6.58 Å². The van der Waals surface area contributed by atoms with E-state index in [0.717, 1.165) is 22.6 Å². The number of ether oxygens (including phenoxy) is 2. The SMILES string of the molecule is C=CC(=O)N1C/C(=C/c2ccc(OC)cc2)C(=O)/C(=C\c2ccc(OC)cc2)C1. The second-order valence-electron chi connectivity index (χ2n) is 6.61. The summed E-state index contributed by atoms with van der Waals surface area (Å²) in [5, 5.41) is 0. The molecule has 3 rings (SSSR count). The molecule has 29 heavy (non-hydrogen) atoms. The average molecular weight is 389 g/mol. The summed E-state index contributed by atoms with van der Waals surface area (Å²) in [6.07, 6.45) is 4.89. The van der Waals surface area contributed by atoms with Crippen molar-refractivity contribution in [2.24, 2.45) is 0 Å². The molecule has 2 aromatic carbocycles. The van der Waals surface area contributed by atoms with Crippen molar-refractivity contribution in [2.45, 2.75) is 0 Å². The van der Waals surface area contributed by atoms with Crippen LogP contribution in [-0.2, 0) is 9.59 Å². The first kappa shape index (κ1) is 20.1. The number of methoxy groups -OCH3 is 2. The number of amides is 1. The minimum absolute atomic E-state index is 0.0650. The molecule has 1 aliphatic rings. The van der Waals surface area contributed by atoms with E-state index >= 15 is 0 Å². The van der Waals surface area contributed by atoms with Gasteiger partial charge in [-0.2, -0.15) is 0 Å². The number of ketones is 1. The van der Waals surface area contributed by atoms with Crippen molar-refractivity contribution in [1.82, 2.24) is 4.90 Å². The molecular weight excluding hydrogens is 366 g/mol. The van der Waals surface area contributed by atoms with Crippen molar-refractivity contribution in [3.05, 3.63) is 83.5 Å². The lowest BCUT2D eigenvalue weighted by Gasteiger charge is -2.29. The van der Waals surface area contributed by atoms with Crippen molar-refractivity contribution in [2.75, 3.05) is 27.3 Å². The highest BCUT2D eigenvalue weighted by atomic mass is 16.5. The Balaban J connectivity index is 1.95. The van der Waals surface area contributed by atoms with Gasteiger partial charge in [0.1, 0.15) is 11.5 Å². The number of benzene rings is 2. The van der Waals surface area contributed by atoms with Crippen LogP contribution in [0.5, 0.6) is 11.5 Å². The van der Waals surface area contributed by atoms with E-state index in [1.807, 2.05) is 60.7 Å². The quantitative estimate of drug-likeness (QED) is 0.731. The zero-order valence-electron chi connectivity index (χ0n) is 16.6. The molecule has 0 unspecified atom stereocenters. The van der Waals surface area contributed by atoms with E-state index in [1.165, 1.54) is 6.08 Å². The van der Waals surface area contributed by atoms with Crippen LogP contribution in [0.2, 0.25) is 0 Å². The third-order valence-electron chi connectivity index (χ3n) is 4.71. The Hall–Kier alpha value is -3.60. The van der Waals surface area contributed by atoms with Gasteiger partial charge in [-0.25, -0.2) is 0 Å². The highest BCUT2D eigenvalue weighted by molar-refractivity contribution is 6.15. The number of likely N-dealkylation sites (tertiary alicyclic amines) is 1. The molecule has 1 saturated heterocycles. The van der Waals surface area contributed by atoms with Crippen LogP contribution in [0.4, 0.5) is 0 Å². The maximum atomic E-state index is 13.1.